The molecule has 3 aromatic rings. The minimum Gasteiger partial charge on any atom is -0.506 e. The molecule has 0 saturated carbocycles. The van der Waals surface area contributed by atoms with E-state index in [0.717, 1.165) is 17.7 Å². The van der Waals surface area contributed by atoms with Crippen molar-refractivity contribution in [2.75, 3.05) is 11.9 Å². The number of aromatic hydroxyl groups is 1. The number of anilines is 1. The van der Waals surface area contributed by atoms with E-state index < -0.39 is 28.3 Å². The van der Waals surface area contributed by atoms with Gasteiger partial charge in [-0.25, -0.2) is 13.6 Å². The first kappa shape index (κ1) is 24.4. The predicted octanol–water partition coefficient (Wildman–Crippen LogP) is 2.72. The number of primary sulfonamides is 1. The maximum atomic E-state index is 13.1. The summed E-state index contributed by atoms with van der Waals surface area (Å²) in [5.74, 6) is -1.32. The zero-order valence-corrected chi connectivity index (χ0v) is 18.9. The average Bonchev–Trinajstić information content (AvgIpc) is 2.82. The predicted molar refractivity (Wildman–Crippen MR) is 124 cm³/mol. The Morgan fingerprint density at radius 2 is 1.88 bits per heavy atom. The number of aryl methyl sites for hydroxylation is 1. The van der Waals surface area contributed by atoms with Crippen molar-refractivity contribution in [3.8, 4) is 17.6 Å². The topological polar surface area (TPSA) is 160 Å². The molecular formula is C24H21N3O6S. The third-order valence-corrected chi connectivity index (χ3v) is 5.79. The van der Waals surface area contributed by atoms with Gasteiger partial charge < -0.3 is 15.2 Å². The largest absolute Gasteiger partial charge is 0.506 e. The SMILES string of the molecule is CCc1ccc(OCC(=O)Nc2ccc(S(N)(=O)=O)cc2O)c(C(=O)c2cccc(C#N)c2)c1. The lowest BCUT2D eigenvalue weighted by atomic mass is 9.98. The zero-order valence-electron chi connectivity index (χ0n) is 18.1. The fourth-order valence-corrected chi connectivity index (χ4v) is 3.64. The summed E-state index contributed by atoms with van der Waals surface area (Å²) in [5, 5.41) is 26.5. The normalized spacial score (nSPS) is 10.9. The van der Waals surface area contributed by atoms with Crippen LogP contribution in [0, 0.1) is 11.3 Å². The van der Waals surface area contributed by atoms with Crippen LogP contribution in [0.5, 0.6) is 11.5 Å². The van der Waals surface area contributed by atoms with E-state index in [-0.39, 0.29) is 27.7 Å². The zero-order chi connectivity index (χ0) is 24.9. The van der Waals surface area contributed by atoms with Crippen LogP contribution >= 0.6 is 0 Å². The van der Waals surface area contributed by atoms with Crippen molar-refractivity contribution in [3.05, 3.63) is 82.9 Å². The van der Waals surface area contributed by atoms with Crippen LogP contribution in [0.1, 0.15) is 34.0 Å². The van der Waals surface area contributed by atoms with E-state index in [0.29, 0.717) is 17.5 Å². The first-order valence-electron chi connectivity index (χ1n) is 10.1. The Morgan fingerprint density at radius 1 is 1.12 bits per heavy atom. The summed E-state index contributed by atoms with van der Waals surface area (Å²) in [6.45, 7) is 1.45. The van der Waals surface area contributed by atoms with Crippen LogP contribution in [0.4, 0.5) is 5.69 Å². The van der Waals surface area contributed by atoms with Gasteiger partial charge in [-0.2, -0.15) is 5.26 Å². The maximum absolute atomic E-state index is 13.1. The lowest BCUT2D eigenvalue weighted by Gasteiger charge is -2.13. The summed E-state index contributed by atoms with van der Waals surface area (Å²) < 4.78 is 28.3. The molecule has 0 aliphatic carbocycles. The second kappa shape index (κ2) is 10.2. The van der Waals surface area contributed by atoms with Crippen LogP contribution in [0.15, 0.2) is 65.6 Å². The van der Waals surface area contributed by atoms with Gasteiger partial charge in [-0.3, -0.25) is 9.59 Å². The molecule has 0 atom stereocenters. The van der Waals surface area contributed by atoms with Crippen molar-refractivity contribution >= 4 is 27.4 Å². The molecule has 0 aliphatic rings. The van der Waals surface area contributed by atoms with E-state index in [1.54, 1.807) is 36.4 Å². The number of ether oxygens (including phenoxy) is 1. The molecule has 0 aliphatic heterocycles. The fourth-order valence-electron chi connectivity index (χ4n) is 3.11. The number of phenols is 1. The summed E-state index contributed by atoms with van der Waals surface area (Å²) in [5.41, 5.74) is 1.74. The fraction of sp³-hybridized carbons (Fsp3) is 0.125. The van der Waals surface area contributed by atoms with Crippen LogP contribution in [0.3, 0.4) is 0 Å². The Bertz CT molecular complexity index is 1410. The molecule has 0 radical (unpaired) electrons. The number of nitrogens with two attached hydrogens (primary N) is 1. The molecule has 34 heavy (non-hydrogen) atoms. The van der Waals surface area contributed by atoms with Crippen LogP contribution < -0.4 is 15.2 Å². The minimum atomic E-state index is -4.01. The molecule has 10 heteroatoms. The first-order chi connectivity index (χ1) is 16.1. The van der Waals surface area contributed by atoms with Crippen molar-refractivity contribution < 1.29 is 27.9 Å². The molecule has 3 aromatic carbocycles. The molecule has 3 rings (SSSR count). The number of ketones is 1. The van der Waals surface area contributed by atoms with Crippen molar-refractivity contribution in [1.82, 2.24) is 0 Å². The highest BCUT2D eigenvalue weighted by Gasteiger charge is 2.18. The summed E-state index contributed by atoms with van der Waals surface area (Å²) >= 11 is 0. The number of hydrogen-bond donors (Lipinski definition) is 3. The Morgan fingerprint density at radius 3 is 2.53 bits per heavy atom. The van der Waals surface area contributed by atoms with Crippen LogP contribution in [-0.2, 0) is 21.2 Å². The molecule has 0 heterocycles. The van der Waals surface area contributed by atoms with Gasteiger partial charge in [0.2, 0.25) is 10.0 Å². The molecule has 0 fully saturated rings. The molecule has 0 bridgehead atoms. The van der Waals surface area contributed by atoms with Gasteiger partial charge in [0.25, 0.3) is 5.91 Å². The third-order valence-electron chi connectivity index (χ3n) is 4.88. The summed E-state index contributed by atoms with van der Waals surface area (Å²) in [4.78, 5) is 25.2. The van der Waals surface area contributed by atoms with Crippen molar-refractivity contribution in [3.63, 3.8) is 0 Å². The van der Waals surface area contributed by atoms with Gasteiger partial charge in [-0.05, 0) is 48.4 Å². The molecule has 0 aromatic heterocycles. The molecular weight excluding hydrogens is 458 g/mol. The third kappa shape index (κ3) is 5.78. The highest BCUT2D eigenvalue weighted by molar-refractivity contribution is 7.89. The van der Waals surface area contributed by atoms with Gasteiger partial charge in [0, 0.05) is 11.6 Å². The standard InChI is InChI=1S/C24H21N3O6S/c1-2-15-6-9-22(19(11-15)24(30)17-5-3-4-16(10-17)13-25)33-14-23(29)27-20-8-7-18(12-21(20)28)34(26,31)32/h3-12,28H,2,14H2,1H3,(H,27,29)(H2,26,31,32). The highest BCUT2D eigenvalue weighted by atomic mass is 32.2. The van der Waals surface area contributed by atoms with Crippen LogP contribution in [0.25, 0.3) is 0 Å². The average molecular weight is 480 g/mol. The molecule has 174 valence electrons. The van der Waals surface area contributed by atoms with E-state index in [2.05, 4.69) is 5.32 Å². The van der Waals surface area contributed by atoms with Crippen molar-refractivity contribution in [1.29, 1.82) is 5.26 Å². The molecule has 4 N–H and O–H groups in total. The monoisotopic (exact) mass is 479 g/mol. The van der Waals surface area contributed by atoms with Gasteiger partial charge in [-0.15, -0.1) is 0 Å². The lowest BCUT2D eigenvalue weighted by molar-refractivity contribution is -0.118. The number of carbonyl (C=O) groups is 2. The number of nitriles is 1. The van der Waals surface area contributed by atoms with E-state index in [4.69, 9.17) is 15.1 Å². The van der Waals surface area contributed by atoms with Gasteiger partial charge >= 0.3 is 0 Å². The Labute approximate surface area is 196 Å². The summed E-state index contributed by atoms with van der Waals surface area (Å²) in [6.07, 6.45) is 0.674. The van der Waals surface area contributed by atoms with Crippen molar-refractivity contribution in [2.24, 2.45) is 5.14 Å². The minimum absolute atomic E-state index is 0.0352. The number of nitrogens with zero attached hydrogens (tertiary/aromatic N) is 1. The number of sulfonamides is 1. The second-order valence-corrected chi connectivity index (χ2v) is 8.83. The van der Waals surface area contributed by atoms with Crippen molar-refractivity contribution in [2.45, 2.75) is 18.2 Å². The number of rotatable bonds is 8. The molecule has 9 nitrogen and oxygen atoms in total. The Kier molecular flexibility index (Phi) is 7.31. The highest BCUT2D eigenvalue weighted by Crippen LogP contribution is 2.27. The first-order valence-corrected chi connectivity index (χ1v) is 11.6. The Hall–Kier alpha value is -4.20. The molecule has 1 amide bonds. The Balaban J connectivity index is 1.79. The molecule has 0 spiro atoms. The number of hydrogen-bond acceptors (Lipinski definition) is 7. The summed E-state index contributed by atoms with van der Waals surface area (Å²) in [6, 6.07) is 16.5. The maximum Gasteiger partial charge on any atom is 0.262 e. The summed E-state index contributed by atoms with van der Waals surface area (Å²) in [7, 11) is -4.01. The number of phenolic OH excluding ortho intramolecular Hbond substituents is 1. The van der Waals surface area contributed by atoms with Crippen LogP contribution in [-0.4, -0.2) is 31.8 Å². The second-order valence-electron chi connectivity index (χ2n) is 7.27. The van der Waals surface area contributed by atoms with E-state index in [9.17, 15) is 23.1 Å². The quantitative estimate of drug-likeness (QED) is 0.331. The molecule has 0 saturated heterocycles. The van der Waals surface area contributed by atoms with E-state index in [1.165, 1.54) is 12.1 Å². The number of carbonyl (C=O) groups excluding carboxylic acids is 2. The van der Waals surface area contributed by atoms with Gasteiger partial charge in [0.1, 0.15) is 11.5 Å². The van der Waals surface area contributed by atoms with E-state index in [1.807, 2.05) is 13.0 Å². The molecule has 0 unspecified atom stereocenters. The van der Waals surface area contributed by atoms with E-state index >= 15 is 0 Å². The lowest BCUT2D eigenvalue weighted by Crippen LogP contribution is -2.21. The number of nitrogens with one attached hydrogen (secondary N) is 1. The van der Waals surface area contributed by atoms with Crippen LogP contribution in [0.2, 0.25) is 0 Å². The number of amides is 1. The van der Waals surface area contributed by atoms with Gasteiger partial charge in [0.15, 0.2) is 12.4 Å². The number of benzene rings is 3. The van der Waals surface area contributed by atoms with Gasteiger partial charge in [-0.1, -0.05) is 25.1 Å². The smallest absolute Gasteiger partial charge is 0.262 e. The van der Waals surface area contributed by atoms with Gasteiger partial charge in [0.05, 0.1) is 27.8 Å².